The Bertz CT molecular complexity index is 564. The normalized spacial score (nSPS) is 22.8. The van der Waals surface area contributed by atoms with Gasteiger partial charge in [-0.1, -0.05) is 0 Å². The molecule has 2 nitrogen and oxygen atoms in total. The molecule has 4 heteroatoms. The van der Waals surface area contributed by atoms with E-state index in [9.17, 15) is 8.78 Å². The maximum absolute atomic E-state index is 13.5. The quantitative estimate of drug-likeness (QED) is 0.868. The van der Waals surface area contributed by atoms with Gasteiger partial charge in [0.25, 0.3) is 0 Å². The highest BCUT2D eigenvalue weighted by molar-refractivity contribution is 5.58. The van der Waals surface area contributed by atoms with Crippen LogP contribution in [0.4, 0.5) is 8.78 Å². The van der Waals surface area contributed by atoms with Gasteiger partial charge < -0.3 is 10.2 Å². The first kappa shape index (κ1) is 10.5. The molecular formula is C13H11F2NO. The number of rotatable bonds is 2. The highest BCUT2D eigenvalue weighted by atomic mass is 19.1. The van der Waals surface area contributed by atoms with Crippen LogP contribution in [-0.4, -0.2) is 6.04 Å². The van der Waals surface area contributed by atoms with Crippen LogP contribution in [0, 0.1) is 11.6 Å². The van der Waals surface area contributed by atoms with Crippen LogP contribution in [0.25, 0.3) is 11.3 Å². The van der Waals surface area contributed by atoms with Crippen molar-refractivity contribution in [3.8, 4) is 11.3 Å². The van der Waals surface area contributed by atoms with Gasteiger partial charge in [0.2, 0.25) is 0 Å². The molecule has 0 radical (unpaired) electrons. The van der Waals surface area contributed by atoms with Gasteiger partial charge in [0.15, 0.2) is 0 Å². The summed E-state index contributed by atoms with van der Waals surface area (Å²) in [4.78, 5) is 0. The van der Waals surface area contributed by atoms with E-state index in [-0.39, 0.29) is 17.5 Å². The van der Waals surface area contributed by atoms with Crippen molar-refractivity contribution in [1.82, 2.24) is 0 Å². The molecule has 2 aromatic rings. The van der Waals surface area contributed by atoms with E-state index < -0.39 is 11.6 Å². The van der Waals surface area contributed by atoms with Crippen molar-refractivity contribution in [2.45, 2.75) is 18.4 Å². The second-order valence-corrected chi connectivity index (χ2v) is 4.33. The van der Waals surface area contributed by atoms with Gasteiger partial charge in [-0.05, 0) is 30.7 Å². The Morgan fingerprint density at radius 3 is 2.59 bits per heavy atom. The van der Waals surface area contributed by atoms with Crippen molar-refractivity contribution < 1.29 is 13.2 Å². The molecule has 1 aromatic heterocycles. The molecule has 2 N–H and O–H groups in total. The lowest BCUT2D eigenvalue weighted by atomic mass is 10.1. The summed E-state index contributed by atoms with van der Waals surface area (Å²) in [5.41, 5.74) is 5.98. The lowest BCUT2D eigenvalue weighted by molar-refractivity contribution is 0.515. The zero-order valence-electron chi connectivity index (χ0n) is 8.99. The third-order valence-electron chi connectivity index (χ3n) is 3.03. The number of furan rings is 1. The molecule has 2 atom stereocenters. The van der Waals surface area contributed by atoms with Crippen LogP contribution < -0.4 is 5.73 Å². The Hall–Kier alpha value is -1.68. The minimum atomic E-state index is -0.619. The summed E-state index contributed by atoms with van der Waals surface area (Å²) in [6.07, 6.45) is 0.902. The van der Waals surface area contributed by atoms with Crippen molar-refractivity contribution in [2.24, 2.45) is 5.73 Å². The lowest BCUT2D eigenvalue weighted by Crippen LogP contribution is -2.00. The third-order valence-corrected chi connectivity index (χ3v) is 3.03. The average molecular weight is 235 g/mol. The molecule has 17 heavy (non-hydrogen) atoms. The number of hydrogen-bond donors (Lipinski definition) is 1. The highest BCUT2D eigenvalue weighted by Gasteiger charge is 2.37. The fraction of sp³-hybridized carbons (Fsp3) is 0.231. The fourth-order valence-corrected chi connectivity index (χ4v) is 1.93. The van der Waals surface area contributed by atoms with Gasteiger partial charge in [-0.25, -0.2) is 8.78 Å². The molecule has 1 heterocycles. The molecule has 1 fully saturated rings. The molecule has 0 bridgehead atoms. The summed E-state index contributed by atoms with van der Waals surface area (Å²) in [5.74, 6) is 0.216. The molecule has 0 aliphatic heterocycles. The molecule has 0 unspecified atom stereocenters. The predicted octanol–water partition coefficient (Wildman–Crippen LogP) is 3.04. The predicted molar refractivity (Wildman–Crippen MR) is 59.4 cm³/mol. The Morgan fingerprint density at radius 1 is 1.18 bits per heavy atom. The average Bonchev–Trinajstić information content (AvgIpc) is 2.83. The van der Waals surface area contributed by atoms with E-state index in [0.29, 0.717) is 5.76 Å². The Kier molecular flexibility index (Phi) is 2.26. The minimum Gasteiger partial charge on any atom is -0.461 e. The van der Waals surface area contributed by atoms with Crippen LogP contribution in [0.2, 0.25) is 0 Å². The van der Waals surface area contributed by atoms with Crippen LogP contribution in [0.1, 0.15) is 18.1 Å². The molecule has 0 spiro atoms. The van der Waals surface area contributed by atoms with Gasteiger partial charge in [-0.3, -0.25) is 0 Å². The number of benzene rings is 1. The summed E-state index contributed by atoms with van der Waals surface area (Å²) in [6.45, 7) is 0. The molecule has 1 aliphatic carbocycles. The molecule has 1 aliphatic rings. The Morgan fingerprint density at radius 2 is 1.94 bits per heavy atom. The fourth-order valence-electron chi connectivity index (χ4n) is 1.93. The van der Waals surface area contributed by atoms with E-state index in [0.717, 1.165) is 18.2 Å². The second kappa shape index (κ2) is 3.67. The Labute approximate surface area is 97.0 Å². The molecule has 88 valence electrons. The van der Waals surface area contributed by atoms with Crippen LogP contribution in [-0.2, 0) is 0 Å². The van der Waals surface area contributed by atoms with Crippen molar-refractivity contribution in [1.29, 1.82) is 0 Å². The number of nitrogens with two attached hydrogens (primary N) is 1. The zero-order chi connectivity index (χ0) is 12.0. The first-order chi connectivity index (χ1) is 8.15. The summed E-state index contributed by atoms with van der Waals surface area (Å²) >= 11 is 0. The second-order valence-electron chi connectivity index (χ2n) is 4.33. The Balaban J connectivity index is 1.95. The van der Waals surface area contributed by atoms with E-state index in [1.54, 1.807) is 12.1 Å². The molecular weight excluding hydrogens is 224 g/mol. The van der Waals surface area contributed by atoms with Gasteiger partial charge in [-0.2, -0.15) is 0 Å². The first-order valence-corrected chi connectivity index (χ1v) is 5.46. The number of halogens is 2. The lowest BCUT2D eigenvalue weighted by Gasteiger charge is -1.99. The number of hydrogen-bond acceptors (Lipinski definition) is 2. The highest BCUT2D eigenvalue weighted by Crippen LogP contribution is 2.41. The van der Waals surface area contributed by atoms with Crippen molar-refractivity contribution in [3.63, 3.8) is 0 Å². The first-order valence-electron chi connectivity index (χ1n) is 5.46. The summed E-state index contributed by atoms with van der Waals surface area (Å²) < 4.78 is 31.8. The molecule has 1 saturated carbocycles. The minimum absolute atomic E-state index is 0.145. The molecule has 0 saturated heterocycles. The molecule has 0 amide bonds. The van der Waals surface area contributed by atoms with E-state index in [4.69, 9.17) is 10.2 Å². The van der Waals surface area contributed by atoms with Gasteiger partial charge in [0, 0.05) is 18.0 Å². The largest absolute Gasteiger partial charge is 0.461 e. The van der Waals surface area contributed by atoms with Crippen LogP contribution in [0.3, 0.4) is 0 Å². The maximum atomic E-state index is 13.5. The van der Waals surface area contributed by atoms with Crippen LogP contribution >= 0.6 is 0 Å². The van der Waals surface area contributed by atoms with E-state index in [1.807, 2.05) is 0 Å². The van der Waals surface area contributed by atoms with E-state index in [2.05, 4.69) is 0 Å². The van der Waals surface area contributed by atoms with Crippen molar-refractivity contribution in [2.75, 3.05) is 0 Å². The SMILES string of the molecule is N[C@@H]1C[C@@H]1c1ccc(-c2ccc(F)cc2F)o1. The van der Waals surface area contributed by atoms with Gasteiger partial charge >= 0.3 is 0 Å². The monoisotopic (exact) mass is 235 g/mol. The van der Waals surface area contributed by atoms with Gasteiger partial charge in [0.1, 0.15) is 23.2 Å². The van der Waals surface area contributed by atoms with E-state index >= 15 is 0 Å². The zero-order valence-corrected chi connectivity index (χ0v) is 8.99. The summed E-state index contributed by atoms with van der Waals surface area (Å²) in [7, 11) is 0. The van der Waals surface area contributed by atoms with Crippen molar-refractivity contribution >= 4 is 0 Å². The van der Waals surface area contributed by atoms with E-state index in [1.165, 1.54) is 12.1 Å². The topological polar surface area (TPSA) is 39.2 Å². The third kappa shape index (κ3) is 1.85. The standard InChI is InChI=1S/C13H11F2NO/c14-7-1-2-8(10(15)5-7)12-3-4-13(17-12)9-6-11(9)16/h1-5,9,11H,6,16H2/t9-,11+/m0/s1. The maximum Gasteiger partial charge on any atom is 0.137 e. The smallest absolute Gasteiger partial charge is 0.137 e. The molecule has 1 aromatic carbocycles. The molecule has 3 rings (SSSR count). The van der Waals surface area contributed by atoms with Gasteiger partial charge in [-0.15, -0.1) is 0 Å². The summed E-state index contributed by atoms with van der Waals surface area (Å²) in [6, 6.07) is 7.07. The summed E-state index contributed by atoms with van der Waals surface area (Å²) in [5, 5.41) is 0. The van der Waals surface area contributed by atoms with Crippen molar-refractivity contribution in [3.05, 3.63) is 47.7 Å². The van der Waals surface area contributed by atoms with Gasteiger partial charge in [0.05, 0.1) is 5.56 Å². The van der Waals surface area contributed by atoms with Crippen LogP contribution in [0.15, 0.2) is 34.7 Å². The van der Waals surface area contributed by atoms with Crippen LogP contribution in [0.5, 0.6) is 0 Å².